The molecular formula is C26H24F2N2O2. The maximum atomic E-state index is 13.9. The molecule has 0 radical (unpaired) electrons. The third kappa shape index (κ3) is 4.40. The Labute approximate surface area is 185 Å². The molecule has 6 heteroatoms. The number of anilines is 1. The van der Waals surface area contributed by atoms with Gasteiger partial charge in [-0.2, -0.15) is 0 Å². The molecule has 1 amide bonds. The predicted octanol–water partition coefficient (Wildman–Crippen LogP) is 6.35. The number of aryl methyl sites for hydroxylation is 1. The van der Waals surface area contributed by atoms with E-state index >= 15 is 0 Å². The molecule has 164 valence electrons. The highest BCUT2D eigenvalue weighted by molar-refractivity contribution is 6.05. The molecule has 0 fully saturated rings. The summed E-state index contributed by atoms with van der Waals surface area (Å²) < 4.78 is 27.7. The van der Waals surface area contributed by atoms with E-state index in [1.165, 1.54) is 11.6 Å². The lowest BCUT2D eigenvalue weighted by molar-refractivity contribution is 0.0123. The van der Waals surface area contributed by atoms with Gasteiger partial charge in [-0.25, -0.2) is 8.78 Å². The van der Waals surface area contributed by atoms with Crippen LogP contribution in [0.5, 0.6) is 0 Å². The second-order valence-corrected chi connectivity index (χ2v) is 8.42. The molecule has 0 saturated carbocycles. The Balaban J connectivity index is 1.59. The first-order valence-electron chi connectivity index (χ1n) is 10.5. The second kappa shape index (κ2) is 8.54. The van der Waals surface area contributed by atoms with Gasteiger partial charge in [0.05, 0.1) is 5.71 Å². The monoisotopic (exact) mass is 434 g/mol. The Morgan fingerprint density at radius 1 is 1.03 bits per heavy atom. The molecule has 0 spiro atoms. The molecule has 4 rings (SSSR count). The number of benzene rings is 3. The van der Waals surface area contributed by atoms with Crippen LogP contribution in [0.3, 0.4) is 0 Å². The molecule has 1 aliphatic rings. The SMILES string of the molecule is CCc1ccc(C2=NOC(C)(C)C2)cc1-c1ccc(NC(=O)c2c(F)cccc2F)cc1. The van der Waals surface area contributed by atoms with Gasteiger partial charge in [0, 0.05) is 17.7 Å². The fourth-order valence-corrected chi connectivity index (χ4v) is 3.78. The molecule has 0 saturated heterocycles. The minimum atomic E-state index is -0.898. The van der Waals surface area contributed by atoms with Crippen molar-refractivity contribution in [1.82, 2.24) is 0 Å². The van der Waals surface area contributed by atoms with Crippen LogP contribution in [-0.2, 0) is 11.3 Å². The zero-order chi connectivity index (χ0) is 22.9. The summed E-state index contributed by atoms with van der Waals surface area (Å²) in [4.78, 5) is 17.8. The van der Waals surface area contributed by atoms with Crippen LogP contribution < -0.4 is 5.32 Å². The van der Waals surface area contributed by atoms with Crippen molar-refractivity contribution in [1.29, 1.82) is 0 Å². The minimum absolute atomic E-state index is 0.309. The second-order valence-electron chi connectivity index (χ2n) is 8.42. The van der Waals surface area contributed by atoms with Gasteiger partial charge in [-0.1, -0.05) is 42.4 Å². The number of carbonyl (C=O) groups excluding carboxylic acids is 1. The van der Waals surface area contributed by atoms with Crippen LogP contribution in [0.2, 0.25) is 0 Å². The third-order valence-electron chi connectivity index (χ3n) is 5.46. The summed E-state index contributed by atoms with van der Waals surface area (Å²) in [5.74, 6) is -2.62. The van der Waals surface area contributed by atoms with E-state index in [1.807, 2.05) is 26.0 Å². The predicted molar refractivity (Wildman–Crippen MR) is 122 cm³/mol. The van der Waals surface area contributed by atoms with Crippen molar-refractivity contribution in [3.05, 3.63) is 89.0 Å². The molecule has 3 aromatic rings. The summed E-state index contributed by atoms with van der Waals surface area (Å²) in [7, 11) is 0. The number of carbonyl (C=O) groups is 1. The van der Waals surface area contributed by atoms with Crippen molar-refractivity contribution in [3.8, 4) is 11.1 Å². The quantitative estimate of drug-likeness (QED) is 0.509. The maximum Gasteiger partial charge on any atom is 0.261 e. The molecular weight excluding hydrogens is 410 g/mol. The van der Waals surface area contributed by atoms with E-state index in [0.717, 1.165) is 47.4 Å². The van der Waals surface area contributed by atoms with Gasteiger partial charge in [0.15, 0.2) is 0 Å². The van der Waals surface area contributed by atoms with Crippen LogP contribution in [0.15, 0.2) is 65.8 Å². The zero-order valence-corrected chi connectivity index (χ0v) is 18.2. The lowest BCUT2D eigenvalue weighted by Crippen LogP contribution is -2.19. The van der Waals surface area contributed by atoms with E-state index < -0.39 is 23.1 Å². The van der Waals surface area contributed by atoms with Gasteiger partial charge in [0.2, 0.25) is 0 Å². The first-order chi connectivity index (χ1) is 15.3. The summed E-state index contributed by atoms with van der Waals surface area (Å²) in [5, 5.41) is 6.80. The highest BCUT2D eigenvalue weighted by Gasteiger charge is 2.29. The van der Waals surface area contributed by atoms with Crippen LogP contribution in [-0.4, -0.2) is 17.2 Å². The van der Waals surface area contributed by atoms with Crippen molar-refractivity contribution in [3.63, 3.8) is 0 Å². The first kappa shape index (κ1) is 21.7. The molecule has 3 aromatic carbocycles. The number of oxime groups is 1. The molecule has 0 aliphatic carbocycles. The van der Waals surface area contributed by atoms with E-state index in [4.69, 9.17) is 4.84 Å². The van der Waals surface area contributed by atoms with Crippen LogP contribution in [0.1, 0.15) is 48.7 Å². The number of hydrogen-bond acceptors (Lipinski definition) is 3. The van der Waals surface area contributed by atoms with E-state index in [-0.39, 0.29) is 5.60 Å². The number of halogens is 2. The molecule has 1 aliphatic heterocycles. The molecule has 0 atom stereocenters. The Hall–Kier alpha value is -3.54. The van der Waals surface area contributed by atoms with Crippen molar-refractivity contribution >= 4 is 17.3 Å². The topological polar surface area (TPSA) is 50.7 Å². The summed E-state index contributed by atoms with van der Waals surface area (Å²) in [5.41, 5.74) is 4.68. The van der Waals surface area contributed by atoms with E-state index in [9.17, 15) is 13.6 Å². The van der Waals surface area contributed by atoms with Crippen LogP contribution >= 0.6 is 0 Å². The van der Waals surface area contributed by atoms with Gasteiger partial charge in [0.1, 0.15) is 22.8 Å². The van der Waals surface area contributed by atoms with Gasteiger partial charge in [-0.3, -0.25) is 4.79 Å². The first-order valence-corrected chi connectivity index (χ1v) is 10.5. The van der Waals surface area contributed by atoms with Gasteiger partial charge >= 0.3 is 0 Å². The third-order valence-corrected chi connectivity index (χ3v) is 5.46. The molecule has 0 bridgehead atoms. The van der Waals surface area contributed by atoms with Crippen molar-refractivity contribution in [2.75, 3.05) is 5.32 Å². The smallest absolute Gasteiger partial charge is 0.261 e. The Morgan fingerprint density at radius 2 is 1.69 bits per heavy atom. The Kier molecular flexibility index (Phi) is 5.78. The number of rotatable bonds is 5. The maximum absolute atomic E-state index is 13.9. The molecule has 32 heavy (non-hydrogen) atoms. The summed E-state index contributed by atoms with van der Waals surface area (Å²) >= 11 is 0. The number of nitrogens with zero attached hydrogens (tertiary/aromatic N) is 1. The van der Waals surface area contributed by atoms with Gasteiger partial charge in [0.25, 0.3) is 5.91 Å². The molecule has 1 heterocycles. The molecule has 0 unspecified atom stereocenters. The van der Waals surface area contributed by atoms with Crippen molar-refractivity contribution in [2.24, 2.45) is 5.16 Å². The summed E-state index contributed by atoms with van der Waals surface area (Å²) in [6, 6.07) is 16.8. The fraction of sp³-hybridized carbons (Fsp3) is 0.231. The normalized spacial score (nSPS) is 14.6. The highest BCUT2D eigenvalue weighted by atomic mass is 19.1. The fourth-order valence-electron chi connectivity index (χ4n) is 3.78. The molecule has 4 nitrogen and oxygen atoms in total. The molecule has 0 aromatic heterocycles. The van der Waals surface area contributed by atoms with Gasteiger partial charge in [-0.05, 0) is 67.3 Å². The average molecular weight is 434 g/mol. The number of hydrogen-bond donors (Lipinski definition) is 1. The van der Waals surface area contributed by atoms with E-state index in [2.05, 4.69) is 35.6 Å². The number of nitrogens with one attached hydrogen (secondary N) is 1. The van der Waals surface area contributed by atoms with Crippen LogP contribution in [0.4, 0.5) is 14.5 Å². The lowest BCUT2D eigenvalue weighted by Gasteiger charge is -2.14. The minimum Gasteiger partial charge on any atom is -0.389 e. The van der Waals surface area contributed by atoms with Crippen molar-refractivity contribution < 1.29 is 18.4 Å². The largest absolute Gasteiger partial charge is 0.389 e. The van der Waals surface area contributed by atoms with Gasteiger partial charge < -0.3 is 10.2 Å². The summed E-state index contributed by atoms with van der Waals surface area (Å²) in [6.07, 6.45) is 1.59. The van der Waals surface area contributed by atoms with Crippen molar-refractivity contribution in [2.45, 2.75) is 39.2 Å². The zero-order valence-electron chi connectivity index (χ0n) is 18.2. The van der Waals surface area contributed by atoms with Gasteiger partial charge in [-0.15, -0.1) is 0 Å². The number of amides is 1. The Morgan fingerprint density at radius 3 is 2.28 bits per heavy atom. The van der Waals surface area contributed by atoms with Crippen LogP contribution in [0.25, 0.3) is 11.1 Å². The Bertz CT molecular complexity index is 1180. The lowest BCUT2D eigenvalue weighted by atomic mass is 9.92. The van der Waals surface area contributed by atoms with E-state index in [0.29, 0.717) is 5.69 Å². The summed E-state index contributed by atoms with van der Waals surface area (Å²) in [6.45, 7) is 6.10. The standard InChI is InChI=1S/C26H24F2N2O2/c1-4-16-8-9-18(23-15-26(2,3)32-30-23)14-20(16)17-10-12-19(13-11-17)29-25(31)24-21(27)6-5-7-22(24)28/h5-14H,4,15H2,1-3H3,(H,29,31). The van der Waals surface area contributed by atoms with Crippen LogP contribution in [0, 0.1) is 11.6 Å². The molecule has 1 N–H and O–H groups in total. The average Bonchev–Trinajstić information content (AvgIpc) is 3.13. The van der Waals surface area contributed by atoms with E-state index in [1.54, 1.807) is 12.1 Å². The highest BCUT2D eigenvalue weighted by Crippen LogP contribution is 2.31.